The second kappa shape index (κ2) is 27.9. The number of unbranched alkanes of at least 4 members (excludes halogenated alkanes) is 13. The van der Waals surface area contributed by atoms with E-state index in [9.17, 15) is 0 Å². The number of nitrogens with two attached hydrogens (primary N) is 1. The molecular weight excluding hydrogens is 342 g/mol. The lowest BCUT2D eigenvalue weighted by Crippen LogP contribution is -1.86. The van der Waals surface area contributed by atoms with Gasteiger partial charge in [0, 0.05) is 0 Å². The molecule has 1 amide bonds. The van der Waals surface area contributed by atoms with E-state index in [-0.39, 0.29) is 6.41 Å². The minimum atomic E-state index is 0.250. The van der Waals surface area contributed by atoms with Gasteiger partial charge in [-0.2, -0.15) is 0 Å². The Bertz CT molecular complexity index is 377. The first-order valence-corrected chi connectivity index (χ1v) is 12.0. The van der Waals surface area contributed by atoms with E-state index in [1.807, 2.05) is 0 Å². The SMILES string of the molecule is CCC.CCCCCCCCCCCCCCCCc1ccccc1.NC=O. The molecule has 2 heteroatoms. The van der Waals surface area contributed by atoms with Crippen molar-refractivity contribution in [2.45, 2.75) is 124 Å². The van der Waals surface area contributed by atoms with Crippen molar-refractivity contribution < 1.29 is 4.79 Å². The summed E-state index contributed by atoms with van der Waals surface area (Å²) < 4.78 is 0. The van der Waals surface area contributed by atoms with Crippen LogP contribution in [-0.2, 0) is 11.2 Å². The van der Waals surface area contributed by atoms with E-state index >= 15 is 0 Å². The first kappa shape index (κ1) is 28.9. The number of hydrogen-bond acceptors (Lipinski definition) is 1. The molecule has 28 heavy (non-hydrogen) atoms. The van der Waals surface area contributed by atoms with Gasteiger partial charge in [0.2, 0.25) is 6.41 Å². The number of carbonyl (C=O) groups excluding carboxylic acids is 1. The van der Waals surface area contributed by atoms with Crippen molar-refractivity contribution in [1.29, 1.82) is 0 Å². The summed E-state index contributed by atoms with van der Waals surface area (Å²) in [5, 5.41) is 0. The van der Waals surface area contributed by atoms with Crippen molar-refractivity contribution in [3.8, 4) is 0 Å². The molecule has 0 aliphatic heterocycles. The quantitative estimate of drug-likeness (QED) is 0.237. The van der Waals surface area contributed by atoms with Crippen molar-refractivity contribution in [3.63, 3.8) is 0 Å². The molecule has 2 N–H and O–H groups in total. The van der Waals surface area contributed by atoms with Crippen LogP contribution in [0, 0.1) is 0 Å². The molecule has 0 fully saturated rings. The van der Waals surface area contributed by atoms with Crippen molar-refractivity contribution in [1.82, 2.24) is 0 Å². The Kier molecular flexibility index (Phi) is 28.8. The van der Waals surface area contributed by atoms with Crippen LogP contribution in [0.1, 0.15) is 123 Å². The third kappa shape index (κ3) is 26.9. The largest absolute Gasteiger partial charge is 0.372 e. The zero-order valence-corrected chi connectivity index (χ0v) is 19.3. The van der Waals surface area contributed by atoms with Crippen molar-refractivity contribution in [3.05, 3.63) is 35.9 Å². The molecule has 0 saturated heterocycles. The van der Waals surface area contributed by atoms with Gasteiger partial charge < -0.3 is 5.73 Å². The number of amides is 1. The smallest absolute Gasteiger partial charge is 0.204 e. The first-order chi connectivity index (χ1) is 13.8. The normalized spacial score (nSPS) is 9.68. The van der Waals surface area contributed by atoms with E-state index < -0.39 is 0 Å². The standard InChI is InChI=1S/C22H38.C3H8.CH3NO/c1-2-3-4-5-6-7-8-9-10-11-12-13-14-16-19-22-20-17-15-18-21-22;1-3-2;2-1-3/h15,17-18,20-21H,2-14,16,19H2,1H3;3H2,1-2H3;1H,(H2,2,3). The predicted octanol–water partition coefficient (Wildman–Crippen LogP) is 8.23. The first-order valence-electron chi connectivity index (χ1n) is 12.0. The second-order valence-electron chi connectivity index (χ2n) is 7.67. The Hall–Kier alpha value is -1.31. The third-order valence-corrected chi connectivity index (χ3v) is 4.66. The van der Waals surface area contributed by atoms with Gasteiger partial charge in [-0.1, -0.05) is 141 Å². The highest BCUT2D eigenvalue weighted by Crippen LogP contribution is 2.13. The van der Waals surface area contributed by atoms with E-state index in [0.29, 0.717) is 0 Å². The monoisotopic (exact) mass is 391 g/mol. The van der Waals surface area contributed by atoms with Crippen LogP contribution in [0.3, 0.4) is 0 Å². The Balaban J connectivity index is 0. The summed E-state index contributed by atoms with van der Waals surface area (Å²) in [5.41, 5.74) is 5.67. The molecule has 0 aromatic heterocycles. The van der Waals surface area contributed by atoms with Gasteiger partial charge in [-0.3, -0.25) is 4.79 Å². The summed E-state index contributed by atoms with van der Waals surface area (Å²) in [4.78, 5) is 8.58. The van der Waals surface area contributed by atoms with Crippen LogP contribution in [-0.4, -0.2) is 6.41 Å². The Morgan fingerprint density at radius 2 is 0.964 bits per heavy atom. The number of hydrogen-bond donors (Lipinski definition) is 1. The van der Waals surface area contributed by atoms with Crippen LogP contribution in [0.25, 0.3) is 0 Å². The lowest BCUT2D eigenvalue weighted by atomic mass is 10.0. The summed E-state index contributed by atoms with van der Waals surface area (Å²) in [5.74, 6) is 0. The van der Waals surface area contributed by atoms with Crippen molar-refractivity contribution >= 4 is 6.41 Å². The average Bonchev–Trinajstić information content (AvgIpc) is 2.70. The molecular formula is C26H49NO. The molecule has 0 aliphatic carbocycles. The van der Waals surface area contributed by atoms with Crippen LogP contribution in [0.2, 0.25) is 0 Å². The summed E-state index contributed by atoms with van der Waals surface area (Å²) in [6.45, 7) is 6.54. The summed E-state index contributed by atoms with van der Waals surface area (Å²) in [6, 6.07) is 10.9. The molecule has 164 valence electrons. The molecule has 0 aliphatic rings. The zero-order chi connectivity index (χ0) is 21.1. The lowest BCUT2D eigenvalue weighted by Gasteiger charge is -2.03. The van der Waals surface area contributed by atoms with Gasteiger partial charge in [0.1, 0.15) is 0 Å². The molecule has 0 heterocycles. The summed E-state index contributed by atoms with van der Waals surface area (Å²) in [7, 11) is 0. The zero-order valence-electron chi connectivity index (χ0n) is 19.3. The molecule has 2 nitrogen and oxygen atoms in total. The van der Waals surface area contributed by atoms with Crippen LogP contribution >= 0.6 is 0 Å². The van der Waals surface area contributed by atoms with Gasteiger partial charge in [0.25, 0.3) is 0 Å². The minimum absolute atomic E-state index is 0.250. The van der Waals surface area contributed by atoms with Gasteiger partial charge in [-0.05, 0) is 18.4 Å². The summed E-state index contributed by atoms with van der Waals surface area (Å²) in [6.07, 6.45) is 23.0. The maximum atomic E-state index is 8.58. The second-order valence-corrected chi connectivity index (χ2v) is 7.67. The molecule has 1 rings (SSSR count). The topological polar surface area (TPSA) is 43.1 Å². The molecule has 1 aromatic rings. The number of aryl methyl sites for hydroxylation is 1. The van der Waals surface area contributed by atoms with Gasteiger partial charge in [0.05, 0.1) is 0 Å². The highest BCUT2D eigenvalue weighted by atomic mass is 16.1. The van der Waals surface area contributed by atoms with Crippen molar-refractivity contribution in [2.75, 3.05) is 0 Å². The van der Waals surface area contributed by atoms with Crippen LogP contribution in [0.15, 0.2) is 30.3 Å². The molecule has 0 atom stereocenters. The maximum absolute atomic E-state index is 8.58. The van der Waals surface area contributed by atoms with Gasteiger partial charge in [-0.25, -0.2) is 0 Å². The van der Waals surface area contributed by atoms with Crippen LogP contribution in [0.5, 0.6) is 0 Å². The minimum Gasteiger partial charge on any atom is -0.372 e. The van der Waals surface area contributed by atoms with E-state index in [4.69, 9.17) is 4.79 Å². The third-order valence-electron chi connectivity index (χ3n) is 4.66. The molecule has 1 aromatic carbocycles. The number of benzene rings is 1. The predicted molar refractivity (Wildman–Crippen MR) is 127 cm³/mol. The fourth-order valence-corrected chi connectivity index (χ4v) is 3.17. The molecule has 0 spiro atoms. The fourth-order valence-electron chi connectivity index (χ4n) is 3.17. The Morgan fingerprint density at radius 3 is 1.32 bits per heavy atom. The number of carbonyl (C=O) groups is 1. The molecule has 0 radical (unpaired) electrons. The molecule has 0 unspecified atom stereocenters. The molecule has 0 bridgehead atoms. The van der Waals surface area contributed by atoms with Gasteiger partial charge >= 0.3 is 0 Å². The van der Waals surface area contributed by atoms with Gasteiger partial charge in [0.15, 0.2) is 0 Å². The highest BCUT2D eigenvalue weighted by molar-refractivity contribution is 5.42. The molecule has 0 saturated carbocycles. The Labute approximate surface area is 176 Å². The lowest BCUT2D eigenvalue weighted by molar-refractivity contribution is -0.106. The van der Waals surface area contributed by atoms with E-state index in [0.717, 1.165) is 0 Å². The Morgan fingerprint density at radius 1 is 0.643 bits per heavy atom. The van der Waals surface area contributed by atoms with E-state index in [1.165, 1.54) is 108 Å². The maximum Gasteiger partial charge on any atom is 0.204 e. The fraction of sp³-hybridized carbons (Fsp3) is 0.731. The van der Waals surface area contributed by atoms with Crippen LogP contribution in [0.4, 0.5) is 0 Å². The number of primary amides is 1. The van der Waals surface area contributed by atoms with E-state index in [1.54, 1.807) is 0 Å². The summed E-state index contributed by atoms with van der Waals surface area (Å²) >= 11 is 0. The van der Waals surface area contributed by atoms with Gasteiger partial charge in [-0.15, -0.1) is 0 Å². The highest BCUT2D eigenvalue weighted by Gasteiger charge is 1.95. The van der Waals surface area contributed by atoms with Crippen LogP contribution < -0.4 is 5.73 Å². The average molecular weight is 392 g/mol. The van der Waals surface area contributed by atoms with Crippen molar-refractivity contribution in [2.24, 2.45) is 5.73 Å². The van der Waals surface area contributed by atoms with E-state index in [2.05, 4.69) is 56.8 Å². The number of rotatable bonds is 15.